The van der Waals surface area contributed by atoms with Crippen molar-refractivity contribution in [2.24, 2.45) is 0 Å². The molecule has 0 nitrogen and oxygen atoms in total. The van der Waals surface area contributed by atoms with E-state index in [0.29, 0.717) is 0 Å². The van der Waals surface area contributed by atoms with Crippen LogP contribution in [0.4, 0.5) is 0 Å². The molecule has 0 aromatic carbocycles. The predicted octanol–water partition coefficient (Wildman–Crippen LogP) is 4.12. The van der Waals surface area contributed by atoms with Gasteiger partial charge >= 0.3 is 94.9 Å². The standard InChI is InChI=1S/2C6H7.CH3.Hf/c2*1-6-4-2-3-5-6;;/h2*2,4H,3H2,1H3;1H3;. The Bertz CT molecular complexity index is 331. The third kappa shape index (κ3) is 1.79. The Morgan fingerprint density at radius 3 is 1.64 bits per heavy atom. The maximum absolute atomic E-state index is 2.56. The summed E-state index contributed by atoms with van der Waals surface area (Å²) in [4.78, 5) is 0. The Balaban J connectivity index is 2.22. The van der Waals surface area contributed by atoms with Crippen molar-refractivity contribution in [3.63, 3.8) is 0 Å². The van der Waals surface area contributed by atoms with Gasteiger partial charge in [0.25, 0.3) is 0 Å². The third-order valence-corrected chi connectivity index (χ3v) is 14.0. The summed E-state index contributed by atoms with van der Waals surface area (Å²) in [7, 11) is 0. The van der Waals surface area contributed by atoms with Gasteiger partial charge in [-0.25, -0.2) is 0 Å². The van der Waals surface area contributed by atoms with Crippen molar-refractivity contribution in [3.05, 3.63) is 42.1 Å². The summed E-state index contributed by atoms with van der Waals surface area (Å²) in [5, 5.41) is 0. The van der Waals surface area contributed by atoms with E-state index in [1.54, 1.807) is 11.1 Å². The zero-order chi connectivity index (χ0) is 10.1. The summed E-state index contributed by atoms with van der Waals surface area (Å²) in [6, 6.07) is 0. The normalized spacial score (nSPS) is 20.2. The van der Waals surface area contributed by atoms with E-state index in [-0.39, 0.29) is 0 Å². The van der Waals surface area contributed by atoms with Gasteiger partial charge in [-0.05, 0) is 0 Å². The van der Waals surface area contributed by atoms with Crippen LogP contribution in [0.3, 0.4) is 0 Å². The van der Waals surface area contributed by atoms with E-state index in [9.17, 15) is 0 Å². The average molecular weight is 352 g/mol. The zero-order valence-electron chi connectivity index (χ0n) is 9.22. The molecule has 0 heterocycles. The molecule has 0 unspecified atom stereocenters. The quantitative estimate of drug-likeness (QED) is 0.656. The second-order valence-electron chi connectivity index (χ2n) is 4.16. The average Bonchev–Trinajstić information content (AvgIpc) is 2.73. The molecule has 73 valence electrons. The van der Waals surface area contributed by atoms with Gasteiger partial charge in [0.15, 0.2) is 0 Å². The molecule has 2 rings (SSSR count). The molecule has 0 saturated carbocycles. The molecule has 1 heteroatoms. The van der Waals surface area contributed by atoms with Crippen LogP contribution in [0.25, 0.3) is 0 Å². The van der Waals surface area contributed by atoms with E-state index in [2.05, 4.69) is 42.8 Å². The molecule has 14 heavy (non-hydrogen) atoms. The van der Waals surface area contributed by atoms with E-state index < -0.39 is 21.4 Å². The minimum absolute atomic E-state index is 1.25. The summed E-state index contributed by atoms with van der Waals surface area (Å²) < 4.78 is 6.21. The Morgan fingerprint density at radius 1 is 0.929 bits per heavy atom. The van der Waals surface area contributed by atoms with Gasteiger partial charge < -0.3 is 0 Å². The van der Waals surface area contributed by atoms with E-state index in [0.717, 1.165) is 0 Å². The van der Waals surface area contributed by atoms with Gasteiger partial charge in [0, 0.05) is 0 Å². The summed E-state index contributed by atoms with van der Waals surface area (Å²) in [5.41, 5.74) is 3.14. The van der Waals surface area contributed by atoms with E-state index >= 15 is 0 Å². The van der Waals surface area contributed by atoms with E-state index in [1.165, 1.54) is 12.8 Å². The molecule has 2 aliphatic rings. The molecule has 0 radical (unpaired) electrons. The maximum atomic E-state index is 2.56. The molecule has 0 saturated heterocycles. The predicted molar refractivity (Wildman–Crippen MR) is 58.8 cm³/mol. The van der Waals surface area contributed by atoms with Crippen LogP contribution >= 0.6 is 0 Å². The fraction of sp³-hybridized carbons (Fsp3) is 0.385. The van der Waals surface area contributed by atoms with Crippen LogP contribution in [0, 0.1) is 0 Å². The molecule has 0 aliphatic heterocycles. The number of hydrogen-bond acceptors (Lipinski definition) is 0. The fourth-order valence-electron chi connectivity index (χ4n) is 2.31. The molecule has 0 bridgehead atoms. The monoisotopic (exact) mass is 353 g/mol. The second kappa shape index (κ2) is 4.14. The van der Waals surface area contributed by atoms with Gasteiger partial charge in [-0.3, -0.25) is 0 Å². The Labute approximate surface area is 94.6 Å². The van der Waals surface area contributed by atoms with E-state index in [4.69, 9.17) is 0 Å². The van der Waals surface area contributed by atoms with Crippen molar-refractivity contribution < 1.29 is 21.4 Å². The molecular weight excluding hydrogens is 335 g/mol. The van der Waals surface area contributed by atoms with Crippen molar-refractivity contribution in [1.82, 2.24) is 0 Å². The topological polar surface area (TPSA) is 0 Å². The van der Waals surface area contributed by atoms with Crippen molar-refractivity contribution in [1.29, 1.82) is 0 Å². The first kappa shape index (κ1) is 10.4. The molecular formula is C13H17Hf. The first-order chi connectivity index (χ1) is 6.70. The zero-order valence-corrected chi connectivity index (χ0v) is 12.8. The van der Waals surface area contributed by atoms with Gasteiger partial charge in [-0.1, -0.05) is 0 Å². The van der Waals surface area contributed by atoms with Crippen LogP contribution in [0.2, 0.25) is 4.68 Å². The minimum atomic E-state index is -1.55. The van der Waals surface area contributed by atoms with E-state index in [1.807, 2.05) is 6.66 Å². The Hall–Kier alpha value is -0.170. The van der Waals surface area contributed by atoms with Gasteiger partial charge in [0.05, 0.1) is 0 Å². The molecule has 0 fully saturated rings. The molecule has 0 amide bonds. The SMILES string of the molecule is CC1=[C]([Hf]([CH3])[C]2=C(C)C=CC2)CC=C1. The van der Waals surface area contributed by atoms with Crippen LogP contribution in [-0.2, 0) is 21.4 Å². The first-order valence-electron chi connectivity index (χ1n) is 5.27. The van der Waals surface area contributed by atoms with Gasteiger partial charge in [0.1, 0.15) is 0 Å². The number of rotatable bonds is 2. The van der Waals surface area contributed by atoms with Crippen LogP contribution in [-0.4, -0.2) is 0 Å². The van der Waals surface area contributed by atoms with Gasteiger partial charge in [0.2, 0.25) is 0 Å². The molecule has 2 aliphatic carbocycles. The number of allylic oxidation sites excluding steroid dienone is 8. The molecule has 0 N–H and O–H groups in total. The number of hydrogen-bond donors (Lipinski definition) is 0. The van der Waals surface area contributed by atoms with Crippen molar-refractivity contribution in [2.75, 3.05) is 0 Å². The van der Waals surface area contributed by atoms with Crippen molar-refractivity contribution in [2.45, 2.75) is 31.4 Å². The Morgan fingerprint density at radius 2 is 1.36 bits per heavy atom. The van der Waals surface area contributed by atoms with Crippen LogP contribution < -0.4 is 0 Å². The Kier molecular flexibility index (Phi) is 3.06. The molecule has 0 aromatic rings. The van der Waals surface area contributed by atoms with Crippen LogP contribution in [0.5, 0.6) is 0 Å². The van der Waals surface area contributed by atoms with Gasteiger partial charge in [-0.15, -0.1) is 0 Å². The molecule has 0 atom stereocenters. The third-order valence-electron chi connectivity index (χ3n) is 3.24. The van der Waals surface area contributed by atoms with Gasteiger partial charge in [-0.2, -0.15) is 0 Å². The van der Waals surface area contributed by atoms with Crippen LogP contribution in [0.15, 0.2) is 42.1 Å². The fourth-order valence-corrected chi connectivity index (χ4v) is 11.5. The second-order valence-corrected chi connectivity index (χ2v) is 13.0. The van der Waals surface area contributed by atoms with Crippen LogP contribution in [0.1, 0.15) is 26.7 Å². The summed E-state index contributed by atoms with van der Waals surface area (Å²) in [5.74, 6) is 0. The first-order valence-corrected chi connectivity index (χ1v) is 12.5. The summed E-state index contributed by atoms with van der Waals surface area (Å²) >= 11 is -1.55. The summed E-state index contributed by atoms with van der Waals surface area (Å²) in [6.07, 6.45) is 11.8. The van der Waals surface area contributed by atoms with Crippen molar-refractivity contribution in [3.8, 4) is 0 Å². The molecule has 0 spiro atoms. The summed E-state index contributed by atoms with van der Waals surface area (Å²) in [6.45, 7) is 4.57. The molecule has 0 aromatic heterocycles. The van der Waals surface area contributed by atoms with Crippen molar-refractivity contribution >= 4 is 0 Å².